The molecule has 0 unspecified atom stereocenters. The predicted octanol–water partition coefficient (Wildman–Crippen LogP) is 5.12. The normalized spacial score (nSPS) is 17.6. The summed E-state index contributed by atoms with van der Waals surface area (Å²) in [5.74, 6) is 0.458. The molecule has 1 aliphatic rings. The number of hydrogen-bond acceptors (Lipinski definition) is 2. The Hall–Kier alpha value is -3.40. The van der Waals surface area contributed by atoms with E-state index in [0.29, 0.717) is 6.54 Å². The molecule has 1 aliphatic carbocycles. The minimum absolute atomic E-state index is 0.0451. The number of rotatable bonds is 6. The molecule has 2 heterocycles. The Labute approximate surface area is 182 Å². The highest BCUT2D eigenvalue weighted by Crippen LogP contribution is 2.50. The highest BCUT2D eigenvalue weighted by atomic mass is 16.2. The molecule has 1 saturated carbocycles. The van der Waals surface area contributed by atoms with Gasteiger partial charge in [-0.05, 0) is 61.1 Å². The molecule has 1 fully saturated rings. The molecule has 0 bridgehead atoms. The van der Waals surface area contributed by atoms with Crippen LogP contribution in [0.2, 0.25) is 0 Å². The van der Waals surface area contributed by atoms with Gasteiger partial charge in [-0.25, -0.2) is 0 Å². The van der Waals surface area contributed by atoms with Crippen LogP contribution >= 0.6 is 0 Å². The predicted molar refractivity (Wildman–Crippen MR) is 124 cm³/mol. The Morgan fingerprint density at radius 2 is 1.94 bits per heavy atom. The Morgan fingerprint density at radius 1 is 1.10 bits per heavy atom. The molecule has 2 aromatic heterocycles. The standard InChI is InChI=1S/C27H27N3O/c1-18-10-11-19(2)20(13-18)16-30-17-25(22-8-3-4-9-26(22)30)23-14-24(23)27(31)29-15-21-7-5-6-12-28-21/h3-13,17,23-24H,14-16H2,1-2H3,(H,29,31)/t23-,24-/m0/s1. The number of aryl methyl sites for hydroxylation is 2. The van der Waals surface area contributed by atoms with Crippen molar-refractivity contribution in [2.75, 3.05) is 0 Å². The topological polar surface area (TPSA) is 46.9 Å². The first-order valence-electron chi connectivity index (χ1n) is 10.9. The Kier molecular flexibility index (Phi) is 5.06. The van der Waals surface area contributed by atoms with Crippen molar-refractivity contribution in [3.63, 3.8) is 0 Å². The fraction of sp³-hybridized carbons (Fsp3) is 0.259. The maximum atomic E-state index is 12.7. The van der Waals surface area contributed by atoms with E-state index in [1.54, 1.807) is 6.20 Å². The molecule has 2 atom stereocenters. The van der Waals surface area contributed by atoms with Gasteiger partial charge in [0.05, 0.1) is 12.2 Å². The molecule has 4 aromatic rings. The van der Waals surface area contributed by atoms with E-state index in [-0.39, 0.29) is 17.7 Å². The number of benzene rings is 2. The van der Waals surface area contributed by atoms with Gasteiger partial charge in [0.15, 0.2) is 0 Å². The average molecular weight is 410 g/mol. The van der Waals surface area contributed by atoms with Crippen LogP contribution in [0.5, 0.6) is 0 Å². The molecule has 0 saturated heterocycles. The van der Waals surface area contributed by atoms with Gasteiger partial charge < -0.3 is 9.88 Å². The van der Waals surface area contributed by atoms with Crippen molar-refractivity contribution in [2.45, 2.75) is 39.3 Å². The van der Waals surface area contributed by atoms with E-state index in [1.165, 1.54) is 33.2 Å². The van der Waals surface area contributed by atoms with Crippen molar-refractivity contribution in [1.82, 2.24) is 14.9 Å². The molecule has 2 aromatic carbocycles. The third kappa shape index (κ3) is 3.98. The number of carbonyl (C=O) groups is 1. The molecular weight excluding hydrogens is 382 g/mol. The number of hydrogen-bond donors (Lipinski definition) is 1. The Bertz CT molecular complexity index is 1240. The highest BCUT2D eigenvalue weighted by Gasteiger charge is 2.45. The van der Waals surface area contributed by atoms with Crippen LogP contribution in [0.1, 0.15) is 40.3 Å². The molecule has 1 N–H and O–H groups in total. The third-order valence-electron chi connectivity index (χ3n) is 6.36. The van der Waals surface area contributed by atoms with Gasteiger partial charge in [-0.3, -0.25) is 9.78 Å². The Balaban J connectivity index is 1.36. The van der Waals surface area contributed by atoms with Crippen LogP contribution in [-0.2, 0) is 17.9 Å². The van der Waals surface area contributed by atoms with Gasteiger partial charge in [-0.1, -0.05) is 48.0 Å². The van der Waals surface area contributed by atoms with E-state index in [9.17, 15) is 4.79 Å². The number of para-hydroxylation sites is 1. The van der Waals surface area contributed by atoms with E-state index < -0.39 is 0 Å². The molecule has 0 spiro atoms. The summed E-state index contributed by atoms with van der Waals surface area (Å²) in [5, 5.41) is 4.32. The summed E-state index contributed by atoms with van der Waals surface area (Å²) in [6.45, 7) is 5.64. The van der Waals surface area contributed by atoms with E-state index in [1.807, 2.05) is 18.2 Å². The van der Waals surface area contributed by atoms with Gasteiger partial charge in [0.2, 0.25) is 5.91 Å². The zero-order valence-corrected chi connectivity index (χ0v) is 18.0. The first-order chi connectivity index (χ1) is 15.1. The molecule has 31 heavy (non-hydrogen) atoms. The van der Waals surface area contributed by atoms with Crippen LogP contribution in [0.15, 0.2) is 73.1 Å². The van der Waals surface area contributed by atoms with Crippen LogP contribution in [0.25, 0.3) is 10.9 Å². The second-order valence-corrected chi connectivity index (χ2v) is 8.65. The molecule has 4 heteroatoms. The number of nitrogens with zero attached hydrogens (tertiary/aromatic N) is 2. The van der Waals surface area contributed by atoms with Crippen molar-refractivity contribution >= 4 is 16.8 Å². The minimum Gasteiger partial charge on any atom is -0.350 e. The SMILES string of the molecule is Cc1ccc(C)c(Cn2cc([C@H]3C[C@@H]3C(=O)NCc3ccccn3)c3ccccc32)c1. The zero-order chi connectivity index (χ0) is 21.4. The van der Waals surface area contributed by atoms with Gasteiger partial charge in [-0.2, -0.15) is 0 Å². The average Bonchev–Trinajstić information content (AvgIpc) is 3.51. The summed E-state index contributed by atoms with van der Waals surface area (Å²) in [4.78, 5) is 17.0. The number of aromatic nitrogens is 2. The zero-order valence-electron chi connectivity index (χ0n) is 18.0. The quantitative estimate of drug-likeness (QED) is 0.480. The molecule has 0 aliphatic heterocycles. The van der Waals surface area contributed by atoms with Crippen molar-refractivity contribution < 1.29 is 4.79 Å². The smallest absolute Gasteiger partial charge is 0.224 e. The lowest BCUT2D eigenvalue weighted by atomic mass is 10.1. The first-order valence-corrected chi connectivity index (χ1v) is 10.9. The molecule has 156 valence electrons. The van der Waals surface area contributed by atoms with E-state index >= 15 is 0 Å². The fourth-order valence-corrected chi connectivity index (χ4v) is 4.50. The summed E-state index contributed by atoms with van der Waals surface area (Å²) >= 11 is 0. The summed E-state index contributed by atoms with van der Waals surface area (Å²) < 4.78 is 2.34. The number of fused-ring (bicyclic) bond motifs is 1. The van der Waals surface area contributed by atoms with Gasteiger partial charge >= 0.3 is 0 Å². The second kappa shape index (κ2) is 8.03. The van der Waals surface area contributed by atoms with Crippen LogP contribution < -0.4 is 5.32 Å². The largest absolute Gasteiger partial charge is 0.350 e. The van der Waals surface area contributed by atoms with Crippen LogP contribution in [-0.4, -0.2) is 15.5 Å². The lowest BCUT2D eigenvalue weighted by Gasteiger charge is -2.09. The monoisotopic (exact) mass is 409 g/mol. The number of carbonyl (C=O) groups excluding carboxylic acids is 1. The fourth-order valence-electron chi connectivity index (χ4n) is 4.50. The van der Waals surface area contributed by atoms with Crippen LogP contribution in [0.4, 0.5) is 0 Å². The summed E-state index contributed by atoms with van der Waals surface area (Å²) in [6.07, 6.45) is 4.93. The van der Waals surface area contributed by atoms with E-state index in [4.69, 9.17) is 0 Å². The summed E-state index contributed by atoms with van der Waals surface area (Å²) in [5.41, 5.74) is 7.34. The van der Waals surface area contributed by atoms with E-state index in [0.717, 1.165) is 18.7 Å². The van der Waals surface area contributed by atoms with Gasteiger partial charge in [0.1, 0.15) is 0 Å². The first kappa shape index (κ1) is 19.6. The van der Waals surface area contributed by atoms with Crippen molar-refractivity contribution in [2.24, 2.45) is 5.92 Å². The van der Waals surface area contributed by atoms with Gasteiger partial charge in [0, 0.05) is 35.8 Å². The molecule has 4 nitrogen and oxygen atoms in total. The number of nitrogens with one attached hydrogen (secondary N) is 1. The Morgan fingerprint density at radius 3 is 2.77 bits per heavy atom. The van der Waals surface area contributed by atoms with Crippen LogP contribution in [0, 0.1) is 19.8 Å². The maximum Gasteiger partial charge on any atom is 0.224 e. The van der Waals surface area contributed by atoms with Gasteiger partial charge in [0.25, 0.3) is 0 Å². The van der Waals surface area contributed by atoms with E-state index in [2.05, 4.69) is 77.4 Å². The lowest BCUT2D eigenvalue weighted by molar-refractivity contribution is -0.122. The number of pyridine rings is 1. The molecule has 0 radical (unpaired) electrons. The lowest BCUT2D eigenvalue weighted by Crippen LogP contribution is -2.25. The third-order valence-corrected chi connectivity index (χ3v) is 6.36. The van der Waals surface area contributed by atoms with Crippen molar-refractivity contribution in [3.8, 4) is 0 Å². The van der Waals surface area contributed by atoms with Crippen LogP contribution in [0.3, 0.4) is 0 Å². The summed E-state index contributed by atoms with van der Waals surface area (Å²) in [7, 11) is 0. The van der Waals surface area contributed by atoms with Gasteiger partial charge in [-0.15, -0.1) is 0 Å². The molecule has 5 rings (SSSR count). The minimum atomic E-state index is 0.0451. The molecular formula is C27H27N3O. The maximum absolute atomic E-state index is 12.7. The van der Waals surface area contributed by atoms with Crippen molar-refractivity contribution in [3.05, 3.63) is 101 Å². The number of amides is 1. The highest BCUT2D eigenvalue weighted by molar-refractivity contribution is 5.89. The van der Waals surface area contributed by atoms with Crippen molar-refractivity contribution in [1.29, 1.82) is 0 Å². The molecule has 1 amide bonds. The summed E-state index contributed by atoms with van der Waals surface area (Å²) in [6, 6.07) is 20.9. The second-order valence-electron chi connectivity index (χ2n) is 8.65.